The van der Waals surface area contributed by atoms with Crippen LogP contribution in [0.3, 0.4) is 0 Å². The fourth-order valence-corrected chi connectivity index (χ4v) is 3.47. The molecule has 0 spiro atoms. The number of hydrogen-bond donors (Lipinski definition) is 0. The molecule has 0 radical (unpaired) electrons. The molecule has 2 heterocycles. The molecule has 0 bridgehead atoms. The Morgan fingerprint density at radius 2 is 1.89 bits per heavy atom. The van der Waals surface area contributed by atoms with Crippen molar-refractivity contribution in [2.45, 2.75) is 32.2 Å². The summed E-state index contributed by atoms with van der Waals surface area (Å²) in [7, 11) is 0. The second-order valence-electron chi connectivity index (χ2n) is 7.11. The first-order chi connectivity index (χ1) is 13.7. The first-order valence-electron chi connectivity index (χ1n) is 9.65. The molecule has 1 atom stereocenters. The Labute approximate surface area is 164 Å². The van der Waals surface area contributed by atoms with Gasteiger partial charge in [-0.2, -0.15) is 4.98 Å². The lowest BCUT2D eigenvalue weighted by atomic mass is 10.0. The summed E-state index contributed by atoms with van der Waals surface area (Å²) in [4.78, 5) is 19.3. The van der Waals surface area contributed by atoms with Crippen molar-refractivity contribution < 1.29 is 9.32 Å². The van der Waals surface area contributed by atoms with Crippen molar-refractivity contribution in [2.24, 2.45) is 0 Å². The highest BCUT2D eigenvalue weighted by atomic mass is 16.5. The molecular weight excluding hydrogens is 350 g/mol. The van der Waals surface area contributed by atoms with Gasteiger partial charge in [0, 0.05) is 18.2 Å². The average molecular weight is 373 g/mol. The molecule has 0 aliphatic carbocycles. The summed E-state index contributed by atoms with van der Waals surface area (Å²) in [5, 5.41) is 4.14. The fraction of sp³-hybridized carbons (Fsp3) is 0.261. The third-order valence-corrected chi connectivity index (χ3v) is 5.04. The number of piperidine rings is 1. The van der Waals surface area contributed by atoms with Gasteiger partial charge >= 0.3 is 0 Å². The van der Waals surface area contributed by atoms with Crippen molar-refractivity contribution in [1.82, 2.24) is 15.0 Å². The number of rotatable bonds is 4. The summed E-state index contributed by atoms with van der Waals surface area (Å²) >= 11 is 0. The Morgan fingerprint density at radius 3 is 2.68 bits per heavy atom. The molecule has 4 rings (SSSR count). The van der Waals surface area contributed by atoms with Crippen LogP contribution in [-0.4, -0.2) is 27.5 Å². The molecule has 0 N–H and O–H groups in total. The van der Waals surface area contributed by atoms with Crippen LogP contribution in [-0.2, 0) is 4.79 Å². The van der Waals surface area contributed by atoms with E-state index in [0.717, 1.165) is 30.4 Å². The summed E-state index contributed by atoms with van der Waals surface area (Å²) in [5.41, 5.74) is 3.10. The Morgan fingerprint density at radius 1 is 1.11 bits per heavy atom. The zero-order valence-corrected chi connectivity index (χ0v) is 15.9. The molecule has 1 aromatic heterocycles. The lowest BCUT2D eigenvalue weighted by molar-refractivity contribution is -0.130. The lowest BCUT2D eigenvalue weighted by Gasteiger charge is -2.32. The number of benzene rings is 2. The van der Waals surface area contributed by atoms with E-state index >= 15 is 0 Å². The zero-order chi connectivity index (χ0) is 19.3. The Hall–Kier alpha value is -3.21. The van der Waals surface area contributed by atoms with E-state index in [2.05, 4.69) is 10.1 Å². The second-order valence-corrected chi connectivity index (χ2v) is 7.11. The minimum atomic E-state index is -0.173. The minimum Gasteiger partial charge on any atom is -0.337 e. The fourth-order valence-electron chi connectivity index (χ4n) is 3.47. The van der Waals surface area contributed by atoms with Crippen molar-refractivity contribution >= 4 is 12.0 Å². The highest BCUT2D eigenvalue weighted by Gasteiger charge is 2.31. The summed E-state index contributed by atoms with van der Waals surface area (Å²) in [5.74, 6) is 1.05. The van der Waals surface area contributed by atoms with Gasteiger partial charge in [-0.3, -0.25) is 4.79 Å². The summed E-state index contributed by atoms with van der Waals surface area (Å²) in [6.07, 6.45) is 6.34. The van der Waals surface area contributed by atoms with Crippen LogP contribution in [0.1, 0.15) is 42.3 Å². The van der Waals surface area contributed by atoms with Gasteiger partial charge in [-0.25, -0.2) is 0 Å². The maximum atomic E-state index is 12.8. The van der Waals surface area contributed by atoms with E-state index in [0.29, 0.717) is 18.3 Å². The molecule has 5 nitrogen and oxygen atoms in total. The van der Waals surface area contributed by atoms with Crippen molar-refractivity contribution in [1.29, 1.82) is 0 Å². The third kappa shape index (κ3) is 4.03. The Balaban J connectivity index is 1.53. The largest absolute Gasteiger partial charge is 0.337 e. The van der Waals surface area contributed by atoms with Gasteiger partial charge in [0.15, 0.2) is 0 Å². The van der Waals surface area contributed by atoms with Crippen LogP contribution in [0.15, 0.2) is 65.2 Å². The molecule has 142 valence electrons. The normalized spacial score (nSPS) is 17.2. The highest BCUT2D eigenvalue weighted by molar-refractivity contribution is 5.92. The monoisotopic (exact) mass is 373 g/mol. The topological polar surface area (TPSA) is 59.2 Å². The van der Waals surface area contributed by atoms with Gasteiger partial charge in [0.2, 0.25) is 17.6 Å². The molecule has 0 unspecified atom stereocenters. The maximum Gasteiger partial charge on any atom is 0.249 e. The molecule has 2 aromatic carbocycles. The lowest BCUT2D eigenvalue weighted by Crippen LogP contribution is -2.37. The van der Waals surface area contributed by atoms with Crippen LogP contribution >= 0.6 is 0 Å². The second kappa shape index (κ2) is 8.21. The third-order valence-electron chi connectivity index (χ3n) is 5.04. The van der Waals surface area contributed by atoms with Crippen molar-refractivity contribution in [3.8, 4) is 11.4 Å². The van der Waals surface area contributed by atoms with Gasteiger partial charge in [-0.05, 0) is 37.8 Å². The summed E-state index contributed by atoms with van der Waals surface area (Å²) in [6.45, 7) is 2.74. The van der Waals surface area contributed by atoms with E-state index in [9.17, 15) is 4.79 Å². The summed E-state index contributed by atoms with van der Waals surface area (Å²) in [6, 6.07) is 17.7. The number of nitrogens with zero attached hydrogens (tertiary/aromatic N) is 3. The van der Waals surface area contributed by atoms with Crippen LogP contribution in [0.25, 0.3) is 17.5 Å². The van der Waals surface area contributed by atoms with Gasteiger partial charge in [0.1, 0.15) is 6.04 Å². The van der Waals surface area contributed by atoms with Crippen molar-refractivity contribution in [3.05, 3.63) is 77.7 Å². The van der Waals surface area contributed by atoms with Crippen LogP contribution in [0.2, 0.25) is 0 Å². The Bertz CT molecular complexity index is 961. The van der Waals surface area contributed by atoms with E-state index in [1.54, 1.807) is 6.08 Å². The molecule has 1 saturated heterocycles. The van der Waals surface area contributed by atoms with E-state index in [1.165, 1.54) is 5.56 Å². The van der Waals surface area contributed by atoms with Gasteiger partial charge in [-0.15, -0.1) is 0 Å². The standard InChI is InChI=1S/C23H23N3O2/c1-17-10-13-19(14-11-17)22-24-23(28-25-22)20-9-5-6-16-26(20)21(27)15-12-18-7-3-2-4-8-18/h2-4,7-8,10-15,20H,5-6,9,16H2,1H3/b15-12+/t20-/m0/s1. The van der Waals surface area contributed by atoms with Gasteiger partial charge in [0.05, 0.1) is 0 Å². The SMILES string of the molecule is Cc1ccc(-c2noc([C@@H]3CCCCN3C(=O)/C=C/c3ccccc3)n2)cc1. The molecule has 1 aliphatic heterocycles. The van der Waals surface area contributed by atoms with Gasteiger partial charge < -0.3 is 9.42 Å². The van der Waals surface area contributed by atoms with Crippen LogP contribution in [0.4, 0.5) is 0 Å². The summed E-state index contributed by atoms with van der Waals surface area (Å²) < 4.78 is 5.55. The van der Waals surface area contributed by atoms with E-state index in [4.69, 9.17) is 4.52 Å². The number of amides is 1. The smallest absolute Gasteiger partial charge is 0.249 e. The van der Waals surface area contributed by atoms with Crippen LogP contribution < -0.4 is 0 Å². The predicted molar refractivity (Wildman–Crippen MR) is 108 cm³/mol. The molecule has 1 fully saturated rings. The van der Waals surface area contributed by atoms with Crippen LogP contribution in [0.5, 0.6) is 0 Å². The van der Waals surface area contributed by atoms with Gasteiger partial charge in [0.25, 0.3) is 0 Å². The predicted octanol–water partition coefficient (Wildman–Crippen LogP) is 4.81. The molecule has 3 aromatic rings. The average Bonchev–Trinajstić information content (AvgIpc) is 3.23. The first-order valence-corrected chi connectivity index (χ1v) is 9.65. The number of hydrogen-bond acceptors (Lipinski definition) is 4. The van der Waals surface area contributed by atoms with Crippen LogP contribution in [0, 0.1) is 6.92 Å². The van der Waals surface area contributed by atoms with E-state index in [-0.39, 0.29) is 11.9 Å². The molecule has 5 heteroatoms. The minimum absolute atomic E-state index is 0.0244. The molecule has 1 aliphatic rings. The Kier molecular flexibility index (Phi) is 5.33. The number of aryl methyl sites for hydroxylation is 1. The quantitative estimate of drug-likeness (QED) is 0.616. The molecule has 1 amide bonds. The molecular formula is C23H23N3O2. The number of likely N-dealkylation sites (tertiary alicyclic amines) is 1. The maximum absolute atomic E-state index is 12.8. The van der Waals surface area contributed by atoms with Crippen molar-refractivity contribution in [3.63, 3.8) is 0 Å². The zero-order valence-electron chi connectivity index (χ0n) is 15.9. The number of carbonyl (C=O) groups is 1. The molecule has 0 saturated carbocycles. The van der Waals surface area contributed by atoms with E-state index in [1.807, 2.05) is 72.5 Å². The number of aromatic nitrogens is 2. The van der Waals surface area contributed by atoms with Gasteiger partial charge in [-0.1, -0.05) is 65.3 Å². The van der Waals surface area contributed by atoms with Crippen molar-refractivity contribution in [2.75, 3.05) is 6.54 Å². The molecule has 28 heavy (non-hydrogen) atoms. The number of carbonyl (C=O) groups excluding carboxylic acids is 1. The first kappa shape index (κ1) is 18.2. The highest BCUT2D eigenvalue weighted by Crippen LogP contribution is 2.31. The van der Waals surface area contributed by atoms with E-state index < -0.39 is 0 Å².